The van der Waals surface area contributed by atoms with Crippen LogP contribution in [0.3, 0.4) is 0 Å². The van der Waals surface area contributed by atoms with Gasteiger partial charge >= 0.3 is 0 Å². The molecule has 0 spiro atoms. The summed E-state index contributed by atoms with van der Waals surface area (Å²) in [6.45, 7) is 0.513. The Bertz CT molecular complexity index is 945. The zero-order valence-corrected chi connectivity index (χ0v) is 13.7. The van der Waals surface area contributed by atoms with Gasteiger partial charge in [0.2, 0.25) is 0 Å². The van der Waals surface area contributed by atoms with Gasteiger partial charge in [0.1, 0.15) is 4.34 Å². The summed E-state index contributed by atoms with van der Waals surface area (Å²) >= 11 is 7.09. The van der Waals surface area contributed by atoms with Crippen LogP contribution in [0.5, 0.6) is 0 Å². The van der Waals surface area contributed by atoms with E-state index in [2.05, 4.69) is 11.8 Å². The van der Waals surface area contributed by atoms with Gasteiger partial charge in [-0.15, -0.1) is 0 Å². The number of nitrogen functional groups attached to an aromatic ring is 1. The molecule has 0 bridgehead atoms. The molecule has 0 aliphatic rings. The number of benzene rings is 2. The highest BCUT2D eigenvalue weighted by molar-refractivity contribution is 7.11. The normalized spacial score (nSPS) is 10.1. The highest BCUT2D eigenvalue weighted by atomic mass is 35.5. The average Bonchev–Trinajstić information content (AvgIpc) is 2.84. The van der Waals surface area contributed by atoms with Gasteiger partial charge in [-0.05, 0) is 47.4 Å². The van der Waals surface area contributed by atoms with E-state index in [-0.39, 0.29) is 5.56 Å². The van der Waals surface area contributed by atoms with Crippen molar-refractivity contribution in [3.05, 3.63) is 86.0 Å². The van der Waals surface area contributed by atoms with Gasteiger partial charge in [-0.1, -0.05) is 41.6 Å². The molecule has 114 valence electrons. The molecule has 5 heteroatoms. The van der Waals surface area contributed by atoms with Crippen molar-refractivity contribution < 1.29 is 0 Å². The molecule has 3 rings (SSSR count). The standard InChI is InChI=1S/C18H13ClN2OS/c19-17-11-18(22)21(23-17)12-15-8-5-13(6-9-15)4-7-14-2-1-3-16(20)10-14/h1-3,5-6,8-11H,12,20H2. The Kier molecular flexibility index (Phi) is 4.52. The molecular formula is C18H13ClN2OS. The molecule has 0 unspecified atom stereocenters. The Labute approximate surface area is 143 Å². The number of nitrogens with two attached hydrogens (primary N) is 1. The minimum Gasteiger partial charge on any atom is -0.399 e. The Morgan fingerprint density at radius 1 is 1.04 bits per heavy atom. The molecule has 2 N–H and O–H groups in total. The molecule has 2 aromatic carbocycles. The molecule has 0 saturated carbocycles. The molecule has 23 heavy (non-hydrogen) atoms. The van der Waals surface area contributed by atoms with Crippen molar-refractivity contribution in [3.8, 4) is 11.8 Å². The van der Waals surface area contributed by atoms with E-state index in [9.17, 15) is 4.79 Å². The molecule has 1 heterocycles. The monoisotopic (exact) mass is 340 g/mol. The lowest BCUT2D eigenvalue weighted by Gasteiger charge is -2.01. The molecule has 3 nitrogen and oxygen atoms in total. The summed E-state index contributed by atoms with van der Waals surface area (Å²) in [7, 11) is 0. The number of hydrogen-bond acceptors (Lipinski definition) is 3. The number of nitrogens with zero attached hydrogens (tertiary/aromatic N) is 1. The van der Waals surface area contributed by atoms with Crippen LogP contribution >= 0.6 is 23.1 Å². The maximum atomic E-state index is 11.7. The molecule has 0 amide bonds. The topological polar surface area (TPSA) is 48.0 Å². The van der Waals surface area contributed by atoms with E-state index in [1.165, 1.54) is 17.6 Å². The van der Waals surface area contributed by atoms with E-state index in [1.807, 2.05) is 48.5 Å². The van der Waals surface area contributed by atoms with E-state index in [4.69, 9.17) is 17.3 Å². The quantitative estimate of drug-likeness (QED) is 0.572. The van der Waals surface area contributed by atoms with Gasteiger partial charge in [-0.2, -0.15) is 0 Å². The van der Waals surface area contributed by atoms with Crippen LogP contribution in [0.25, 0.3) is 0 Å². The van der Waals surface area contributed by atoms with Crippen molar-refractivity contribution in [2.75, 3.05) is 5.73 Å². The largest absolute Gasteiger partial charge is 0.399 e. The minimum atomic E-state index is -0.0782. The highest BCUT2D eigenvalue weighted by Gasteiger charge is 2.03. The van der Waals surface area contributed by atoms with Crippen LogP contribution < -0.4 is 11.3 Å². The van der Waals surface area contributed by atoms with Crippen LogP contribution in [0, 0.1) is 11.8 Å². The number of hydrogen-bond donors (Lipinski definition) is 1. The molecule has 0 fully saturated rings. The maximum absolute atomic E-state index is 11.7. The van der Waals surface area contributed by atoms with Crippen molar-refractivity contribution in [3.63, 3.8) is 0 Å². The van der Waals surface area contributed by atoms with E-state index in [0.717, 1.165) is 16.7 Å². The first-order chi connectivity index (χ1) is 11.1. The van der Waals surface area contributed by atoms with Crippen LogP contribution in [-0.4, -0.2) is 3.96 Å². The minimum absolute atomic E-state index is 0.0782. The SMILES string of the molecule is Nc1cccc(C#Cc2ccc(Cn3sc(Cl)cc3=O)cc2)c1. The third-order valence-electron chi connectivity index (χ3n) is 3.20. The highest BCUT2D eigenvalue weighted by Crippen LogP contribution is 2.14. The summed E-state index contributed by atoms with van der Waals surface area (Å²) < 4.78 is 2.12. The predicted octanol–water partition coefficient (Wildman–Crippen LogP) is 3.59. The fourth-order valence-corrected chi connectivity index (χ4v) is 3.14. The lowest BCUT2D eigenvalue weighted by molar-refractivity contribution is 0.849. The maximum Gasteiger partial charge on any atom is 0.262 e. The Morgan fingerprint density at radius 3 is 2.43 bits per heavy atom. The summed E-state index contributed by atoms with van der Waals surface area (Å²) in [6, 6.07) is 16.7. The van der Waals surface area contributed by atoms with E-state index < -0.39 is 0 Å². The Hall–Kier alpha value is -2.48. The van der Waals surface area contributed by atoms with Gasteiger partial charge < -0.3 is 5.73 Å². The van der Waals surface area contributed by atoms with Crippen LogP contribution in [0.4, 0.5) is 5.69 Å². The van der Waals surface area contributed by atoms with Crippen LogP contribution in [0.1, 0.15) is 16.7 Å². The number of halogens is 1. The Balaban J connectivity index is 1.75. The van der Waals surface area contributed by atoms with Gasteiger partial charge in [0.05, 0.1) is 6.54 Å². The molecule has 0 radical (unpaired) electrons. The van der Waals surface area contributed by atoms with Gasteiger partial charge in [0.15, 0.2) is 0 Å². The number of anilines is 1. The molecule has 0 aliphatic carbocycles. The van der Waals surface area contributed by atoms with Gasteiger partial charge in [-0.3, -0.25) is 8.75 Å². The zero-order valence-electron chi connectivity index (χ0n) is 12.1. The summed E-state index contributed by atoms with van der Waals surface area (Å²) in [6.07, 6.45) is 0. The van der Waals surface area contributed by atoms with Gasteiger partial charge in [0.25, 0.3) is 5.56 Å². The van der Waals surface area contributed by atoms with Crippen LogP contribution in [0.15, 0.2) is 59.4 Å². The number of rotatable bonds is 2. The fraction of sp³-hybridized carbons (Fsp3) is 0.0556. The van der Waals surface area contributed by atoms with Crippen LogP contribution in [0.2, 0.25) is 4.34 Å². The second-order valence-corrected chi connectivity index (χ2v) is 6.68. The van der Waals surface area contributed by atoms with E-state index >= 15 is 0 Å². The molecular weight excluding hydrogens is 328 g/mol. The number of aromatic nitrogens is 1. The van der Waals surface area contributed by atoms with E-state index in [0.29, 0.717) is 16.6 Å². The lowest BCUT2D eigenvalue weighted by Crippen LogP contribution is -2.12. The molecule has 1 aromatic heterocycles. The second kappa shape index (κ2) is 6.74. The average molecular weight is 341 g/mol. The summed E-state index contributed by atoms with van der Waals surface area (Å²) in [5.74, 6) is 6.18. The predicted molar refractivity (Wildman–Crippen MR) is 96.0 cm³/mol. The first kappa shape index (κ1) is 15.4. The third-order valence-corrected chi connectivity index (χ3v) is 4.34. The fourth-order valence-electron chi connectivity index (χ4n) is 2.08. The molecule has 0 aliphatic heterocycles. The van der Waals surface area contributed by atoms with Crippen LogP contribution in [-0.2, 0) is 6.54 Å². The summed E-state index contributed by atoms with van der Waals surface area (Å²) in [5, 5.41) is 0. The van der Waals surface area contributed by atoms with Crippen molar-refractivity contribution >= 4 is 28.8 Å². The lowest BCUT2D eigenvalue weighted by atomic mass is 10.1. The smallest absolute Gasteiger partial charge is 0.262 e. The van der Waals surface area contributed by atoms with Crippen molar-refractivity contribution in [2.45, 2.75) is 6.54 Å². The van der Waals surface area contributed by atoms with E-state index in [1.54, 1.807) is 3.96 Å². The third kappa shape index (κ3) is 4.04. The zero-order chi connectivity index (χ0) is 16.2. The molecule has 0 atom stereocenters. The first-order valence-corrected chi connectivity index (χ1v) is 8.08. The first-order valence-electron chi connectivity index (χ1n) is 6.93. The van der Waals surface area contributed by atoms with Crippen molar-refractivity contribution in [1.29, 1.82) is 0 Å². The van der Waals surface area contributed by atoms with Crippen molar-refractivity contribution in [2.24, 2.45) is 0 Å². The summed E-state index contributed by atoms with van der Waals surface area (Å²) in [4.78, 5) is 11.7. The second-order valence-electron chi connectivity index (χ2n) is 4.99. The Morgan fingerprint density at radius 2 is 1.78 bits per heavy atom. The summed E-state index contributed by atoms with van der Waals surface area (Å²) in [5.41, 5.74) is 9.17. The molecule has 3 aromatic rings. The molecule has 0 saturated heterocycles. The van der Waals surface area contributed by atoms with Gasteiger partial charge in [-0.25, -0.2) is 0 Å². The van der Waals surface area contributed by atoms with Gasteiger partial charge in [0, 0.05) is 22.9 Å². The van der Waals surface area contributed by atoms with Crippen molar-refractivity contribution in [1.82, 2.24) is 3.96 Å².